The number of hydrogen-bond donors (Lipinski definition) is 3. The molecule has 0 radical (unpaired) electrons. The lowest BCUT2D eigenvalue weighted by atomic mass is 10.2. The van der Waals surface area contributed by atoms with Gasteiger partial charge in [-0.15, -0.1) is 0 Å². The maximum atomic E-state index is 11.6. The monoisotopic (exact) mass is 297 g/mol. The summed E-state index contributed by atoms with van der Waals surface area (Å²) in [5.74, 6) is 0.214. The van der Waals surface area contributed by atoms with Crippen molar-refractivity contribution in [2.75, 3.05) is 6.54 Å². The molecule has 0 bridgehead atoms. The van der Waals surface area contributed by atoms with Gasteiger partial charge in [-0.25, -0.2) is 14.6 Å². The number of ether oxygens (including phenoxy) is 1. The zero-order valence-corrected chi connectivity index (χ0v) is 12.0. The number of aryl methyl sites for hydroxylation is 2. The third-order valence-electron chi connectivity index (χ3n) is 3.35. The van der Waals surface area contributed by atoms with Crippen LogP contribution in [-0.2, 0) is 16.1 Å². The predicted molar refractivity (Wildman–Crippen MR) is 71.7 cm³/mol. The smallest absolute Gasteiger partial charge is 0.332 e. The van der Waals surface area contributed by atoms with E-state index in [2.05, 4.69) is 15.6 Å². The molecule has 1 aliphatic rings. The maximum absolute atomic E-state index is 11.6. The molecule has 2 amide bonds. The molecule has 0 aromatic carbocycles. The van der Waals surface area contributed by atoms with Crippen LogP contribution in [0.5, 0.6) is 0 Å². The van der Waals surface area contributed by atoms with Gasteiger partial charge in [-0.05, 0) is 26.7 Å². The fourth-order valence-corrected chi connectivity index (χ4v) is 2.08. The van der Waals surface area contributed by atoms with E-state index < -0.39 is 12.1 Å². The first-order valence-corrected chi connectivity index (χ1v) is 6.78. The fraction of sp³-hybridized carbons (Fsp3) is 0.615. The van der Waals surface area contributed by atoms with Crippen LogP contribution in [0.4, 0.5) is 4.79 Å². The molecule has 21 heavy (non-hydrogen) atoms. The summed E-state index contributed by atoms with van der Waals surface area (Å²) < 4.78 is 10.6. The Labute approximate surface area is 121 Å². The molecule has 0 saturated carbocycles. The molecule has 0 aliphatic carbocycles. The Kier molecular flexibility index (Phi) is 4.79. The number of carboxylic acids is 1. The van der Waals surface area contributed by atoms with Crippen LogP contribution in [0, 0.1) is 13.8 Å². The lowest BCUT2D eigenvalue weighted by Gasteiger charge is -2.12. The number of carboxylic acid groups (broad SMARTS) is 1. The zero-order valence-electron chi connectivity index (χ0n) is 12.0. The van der Waals surface area contributed by atoms with Gasteiger partial charge in [0.15, 0.2) is 6.10 Å². The van der Waals surface area contributed by atoms with Crippen molar-refractivity contribution < 1.29 is 23.8 Å². The second-order valence-corrected chi connectivity index (χ2v) is 4.98. The molecule has 2 atom stereocenters. The van der Waals surface area contributed by atoms with Gasteiger partial charge in [0.1, 0.15) is 5.76 Å². The van der Waals surface area contributed by atoms with Gasteiger partial charge in [0.2, 0.25) is 5.89 Å². The number of urea groups is 1. The SMILES string of the molecule is Cc1nc(CNC(=O)NCC2CCC(C(=O)O)O2)oc1C. The van der Waals surface area contributed by atoms with Crippen molar-refractivity contribution in [2.45, 2.75) is 45.4 Å². The van der Waals surface area contributed by atoms with Gasteiger partial charge in [-0.2, -0.15) is 0 Å². The predicted octanol–water partition coefficient (Wildman–Crippen LogP) is 0.723. The quantitative estimate of drug-likeness (QED) is 0.738. The highest BCUT2D eigenvalue weighted by Crippen LogP contribution is 2.19. The van der Waals surface area contributed by atoms with Gasteiger partial charge in [0.05, 0.1) is 18.3 Å². The van der Waals surface area contributed by atoms with E-state index in [1.165, 1.54) is 0 Å². The van der Waals surface area contributed by atoms with Crippen LogP contribution in [-0.4, -0.2) is 40.8 Å². The Balaban J connectivity index is 1.67. The molecule has 3 N–H and O–H groups in total. The van der Waals surface area contributed by atoms with E-state index in [4.69, 9.17) is 14.3 Å². The minimum atomic E-state index is -0.961. The van der Waals surface area contributed by atoms with E-state index >= 15 is 0 Å². The highest BCUT2D eigenvalue weighted by molar-refractivity contribution is 5.74. The minimum Gasteiger partial charge on any atom is -0.479 e. The number of rotatable bonds is 5. The molecule has 1 aromatic rings. The molecule has 8 nitrogen and oxygen atoms in total. The lowest BCUT2D eigenvalue weighted by Crippen LogP contribution is -2.39. The van der Waals surface area contributed by atoms with E-state index in [9.17, 15) is 9.59 Å². The van der Waals surface area contributed by atoms with Crippen LogP contribution in [0.25, 0.3) is 0 Å². The Morgan fingerprint density at radius 1 is 1.33 bits per heavy atom. The van der Waals surface area contributed by atoms with E-state index in [0.717, 1.165) is 11.5 Å². The van der Waals surface area contributed by atoms with Gasteiger partial charge < -0.3 is 24.9 Å². The molecule has 8 heteroatoms. The molecule has 2 rings (SSSR count). The number of hydrogen-bond acceptors (Lipinski definition) is 5. The summed E-state index contributed by atoms with van der Waals surface area (Å²) >= 11 is 0. The summed E-state index contributed by atoms with van der Waals surface area (Å²) in [7, 11) is 0. The van der Waals surface area contributed by atoms with E-state index in [1.54, 1.807) is 0 Å². The van der Waals surface area contributed by atoms with Crippen molar-refractivity contribution in [1.29, 1.82) is 0 Å². The third kappa shape index (κ3) is 4.19. The van der Waals surface area contributed by atoms with Crippen LogP contribution in [0.15, 0.2) is 4.42 Å². The molecule has 1 fully saturated rings. The minimum absolute atomic E-state index is 0.198. The average Bonchev–Trinajstić information content (AvgIpc) is 3.02. The largest absolute Gasteiger partial charge is 0.479 e. The number of nitrogens with one attached hydrogen (secondary N) is 2. The third-order valence-corrected chi connectivity index (χ3v) is 3.35. The summed E-state index contributed by atoms with van der Waals surface area (Å²) in [5.41, 5.74) is 0.797. The molecule has 1 aromatic heterocycles. The first kappa shape index (κ1) is 15.3. The zero-order chi connectivity index (χ0) is 15.4. The van der Waals surface area contributed by atoms with Gasteiger partial charge >= 0.3 is 12.0 Å². The number of amides is 2. The maximum Gasteiger partial charge on any atom is 0.332 e. The first-order chi connectivity index (χ1) is 9.95. The highest BCUT2D eigenvalue weighted by atomic mass is 16.5. The van der Waals surface area contributed by atoms with Gasteiger partial charge in [0, 0.05) is 6.54 Å². The standard InChI is InChI=1S/C13H19N3O5/c1-7-8(2)20-11(16-7)6-15-13(19)14-5-9-3-4-10(21-9)12(17)18/h9-10H,3-6H2,1-2H3,(H,17,18)(H2,14,15,19). The van der Waals surface area contributed by atoms with E-state index in [-0.39, 0.29) is 25.2 Å². The van der Waals surface area contributed by atoms with Gasteiger partial charge in [0.25, 0.3) is 0 Å². The Morgan fingerprint density at radius 3 is 2.67 bits per heavy atom. The first-order valence-electron chi connectivity index (χ1n) is 6.78. The Hall–Kier alpha value is -2.09. The van der Waals surface area contributed by atoms with Crippen molar-refractivity contribution in [3.63, 3.8) is 0 Å². The average molecular weight is 297 g/mol. The highest BCUT2D eigenvalue weighted by Gasteiger charge is 2.30. The summed E-state index contributed by atoms with van der Waals surface area (Å²) in [4.78, 5) is 26.5. The number of carbonyl (C=O) groups excluding carboxylic acids is 1. The summed E-state index contributed by atoms with van der Waals surface area (Å²) in [6.45, 7) is 4.12. The molecule has 1 aliphatic heterocycles. The summed E-state index contributed by atoms with van der Waals surface area (Å²) in [6.07, 6.45) is 0.0642. The van der Waals surface area contributed by atoms with E-state index in [1.807, 2.05) is 13.8 Å². The number of nitrogens with zero attached hydrogens (tertiary/aromatic N) is 1. The number of carbonyl (C=O) groups is 2. The van der Waals surface area contributed by atoms with Crippen molar-refractivity contribution in [1.82, 2.24) is 15.6 Å². The molecule has 2 heterocycles. The summed E-state index contributed by atoms with van der Waals surface area (Å²) in [5, 5.41) is 14.1. The van der Waals surface area contributed by atoms with Crippen LogP contribution >= 0.6 is 0 Å². The lowest BCUT2D eigenvalue weighted by molar-refractivity contribution is -0.149. The van der Waals surface area contributed by atoms with Crippen molar-refractivity contribution in [3.8, 4) is 0 Å². The van der Waals surface area contributed by atoms with Crippen LogP contribution in [0.3, 0.4) is 0 Å². The second kappa shape index (κ2) is 6.57. The number of oxazole rings is 1. The fourth-order valence-electron chi connectivity index (χ4n) is 2.08. The molecular formula is C13H19N3O5. The molecule has 1 saturated heterocycles. The number of aromatic nitrogens is 1. The molecule has 2 unspecified atom stereocenters. The molecular weight excluding hydrogens is 278 g/mol. The van der Waals surface area contributed by atoms with Crippen LogP contribution < -0.4 is 10.6 Å². The Bertz CT molecular complexity index is 508. The summed E-state index contributed by atoms with van der Waals surface area (Å²) in [6, 6.07) is -0.370. The van der Waals surface area contributed by atoms with Crippen LogP contribution in [0.1, 0.15) is 30.2 Å². The normalized spacial score (nSPS) is 21.2. The molecule has 116 valence electrons. The topological polar surface area (TPSA) is 114 Å². The van der Waals surface area contributed by atoms with Gasteiger partial charge in [-0.3, -0.25) is 0 Å². The van der Waals surface area contributed by atoms with Gasteiger partial charge in [-0.1, -0.05) is 0 Å². The van der Waals surface area contributed by atoms with Crippen molar-refractivity contribution in [3.05, 3.63) is 17.3 Å². The van der Waals surface area contributed by atoms with Crippen molar-refractivity contribution in [2.24, 2.45) is 0 Å². The molecule has 0 spiro atoms. The number of aliphatic carboxylic acids is 1. The van der Waals surface area contributed by atoms with E-state index in [0.29, 0.717) is 18.7 Å². The Morgan fingerprint density at radius 2 is 2.10 bits per heavy atom. The second-order valence-electron chi connectivity index (χ2n) is 4.98. The van der Waals surface area contributed by atoms with Crippen LogP contribution in [0.2, 0.25) is 0 Å². The van der Waals surface area contributed by atoms with Crippen molar-refractivity contribution >= 4 is 12.0 Å².